The van der Waals surface area contributed by atoms with Gasteiger partial charge >= 0.3 is 0 Å². The third-order valence-corrected chi connectivity index (χ3v) is 3.56. The van der Waals surface area contributed by atoms with Crippen LogP contribution in [0, 0.1) is 6.92 Å². The number of nitrogens with zero attached hydrogens (tertiary/aromatic N) is 2. The summed E-state index contributed by atoms with van der Waals surface area (Å²) in [5.41, 5.74) is 1.68. The fourth-order valence-corrected chi connectivity index (χ4v) is 2.31. The van der Waals surface area contributed by atoms with Crippen LogP contribution in [0.2, 0.25) is 0 Å². The molecule has 2 N–H and O–H groups in total. The van der Waals surface area contributed by atoms with Crippen molar-refractivity contribution in [2.45, 2.75) is 19.4 Å². The Kier molecular flexibility index (Phi) is 4.59. The molecule has 0 fully saturated rings. The van der Waals surface area contributed by atoms with Crippen molar-refractivity contribution in [1.29, 1.82) is 0 Å². The lowest BCUT2D eigenvalue weighted by atomic mass is 10.1. The molecule has 5 nitrogen and oxygen atoms in total. The van der Waals surface area contributed by atoms with Gasteiger partial charge < -0.3 is 10.4 Å². The lowest BCUT2D eigenvalue weighted by Gasteiger charge is -2.15. The van der Waals surface area contributed by atoms with Crippen molar-refractivity contribution < 1.29 is 9.90 Å². The van der Waals surface area contributed by atoms with Crippen molar-refractivity contribution in [1.82, 2.24) is 14.9 Å². The summed E-state index contributed by atoms with van der Waals surface area (Å²) in [6.45, 7) is 1.63. The van der Waals surface area contributed by atoms with Crippen LogP contribution in [0.1, 0.15) is 20.9 Å². The van der Waals surface area contributed by atoms with Gasteiger partial charge in [-0.3, -0.25) is 4.79 Å². The number of benzene rings is 1. The van der Waals surface area contributed by atoms with E-state index in [0.717, 1.165) is 17.1 Å². The first-order chi connectivity index (χ1) is 9.20. The number of aliphatic hydroxyl groups excluding tert-OH is 1. The molecular formula is C13H15N3O2S. The van der Waals surface area contributed by atoms with E-state index in [4.69, 9.17) is 0 Å². The highest BCUT2D eigenvalue weighted by molar-refractivity contribution is 7.08. The normalized spacial score (nSPS) is 12.1. The molecule has 6 heteroatoms. The standard InChI is InChI=1S/C13H15N3O2S/c1-9-12(19-16-15-9)13(18)14-11(8-17)7-10-5-3-2-4-6-10/h2-6,11,17H,7-8H2,1H3,(H,14,18). The van der Waals surface area contributed by atoms with Crippen molar-refractivity contribution in [3.05, 3.63) is 46.5 Å². The lowest BCUT2D eigenvalue weighted by molar-refractivity contribution is 0.0920. The van der Waals surface area contributed by atoms with Gasteiger partial charge in [0.25, 0.3) is 5.91 Å². The minimum Gasteiger partial charge on any atom is -0.394 e. The molecule has 0 radical (unpaired) electrons. The zero-order valence-corrected chi connectivity index (χ0v) is 11.4. The van der Waals surface area contributed by atoms with Crippen molar-refractivity contribution in [2.75, 3.05) is 6.61 Å². The summed E-state index contributed by atoms with van der Waals surface area (Å²) in [4.78, 5) is 12.5. The molecule has 2 rings (SSSR count). The number of aliphatic hydroxyl groups is 1. The summed E-state index contributed by atoms with van der Waals surface area (Å²) in [6, 6.07) is 9.42. The Morgan fingerprint density at radius 3 is 2.74 bits per heavy atom. The van der Waals surface area contributed by atoms with Gasteiger partial charge in [-0.15, -0.1) is 5.10 Å². The van der Waals surface area contributed by atoms with Gasteiger partial charge in [0, 0.05) is 0 Å². The maximum Gasteiger partial charge on any atom is 0.265 e. The van der Waals surface area contributed by atoms with E-state index in [1.807, 2.05) is 30.3 Å². The molecule has 2 aromatic rings. The molecule has 0 spiro atoms. The van der Waals surface area contributed by atoms with Crippen LogP contribution in [0.25, 0.3) is 0 Å². The number of nitrogens with one attached hydrogen (secondary N) is 1. The van der Waals surface area contributed by atoms with E-state index in [1.165, 1.54) is 0 Å². The van der Waals surface area contributed by atoms with Gasteiger partial charge in [0.15, 0.2) is 0 Å². The minimum absolute atomic E-state index is 0.105. The number of rotatable bonds is 5. The Balaban J connectivity index is 2.00. The van der Waals surface area contributed by atoms with Crippen LogP contribution in [0.3, 0.4) is 0 Å². The highest BCUT2D eigenvalue weighted by Gasteiger charge is 2.17. The van der Waals surface area contributed by atoms with Crippen molar-refractivity contribution in [2.24, 2.45) is 0 Å². The molecule has 0 aliphatic rings. The number of hydrogen-bond acceptors (Lipinski definition) is 5. The fraction of sp³-hybridized carbons (Fsp3) is 0.308. The first kappa shape index (κ1) is 13.6. The van der Waals surface area contributed by atoms with E-state index in [1.54, 1.807) is 6.92 Å². The Hall–Kier alpha value is -1.79. The van der Waals surface area contributed by atoms with Crippen LogP contribution in [-0.4, -0.2) is 33.2 Å². The van der Waals surface area contributed by atoms with E-state index in [9.17, 15) is 9.90 Å². The van der Waals surface area contributed by atoms with Gasteiger partial charge in [-0.1, -0.05) is 34.8 Å². The highest BCUT2D eigenvalue weighted by Crippen LogP contribution is 2.10. The SMILES string of the molecule is Cc1nnsc1C(=O)NC(CO)Cc1ccccc1. The second kappa shape index (κ2) is 6.40. The van der Waals surface area contributed by atoms with E-state index < -0.39 is 0 Å². The van der Waals surface area contributed by atoms with Gasteiger partial charge in [-0.05, 0) is 30.4 Å². The third-order valence-electron chi connectivity index (χ3n) is 2.74. The van der Waals surface area contributed by atoms with Crippen molar-refractivity contribution in [3.8, 4) is 0 Å². The zero-order valence-electron chi connectivity index (χ0n) is 10.5. The number of hydrogen-bond donors (Lipinski definition) is 2. The first-order valence-electron chi connectivity index (χ1n) is 5.95. The Labute approximate surface area is 115 Å². The number of amides is 1. The predicted molar refractivity (Wildman–Crippen MR) is 73.1 cm³/mol. The second-order valence-electron chi connectivity index (χ2n) is 4.23. The van der Waals surface area contributed by atoms with E-state index in [-0.39, 0.29) is 18.6 Å². The Morgan fingerprint density at radius 1 is 1.42 bits per heavy atom. The Bertz CT molecular complexity index is 542. The van der Waals surface area contributed by atoms with Crippen molar-refractivity contribution in [3.63, 3.8) is 0 Å². The summed E-state index contributed by atoms with van der Waals surface area (Å²) in [5.74, 6) is -0.234. The number of aryl methyl sites for hydroxylation is 1. The lowest BCUT2D eigenvalue weighted by Crippen LogP contribution is -2.39. The topological polar surface area (TPSA) is 75.1 Å². The zero-order chi connectivity index (χ0) is 13.7. The van der Waals surface area contributed by atoms with E-state index >= 15 is 0 Å². The second-order valence-corrected chi connectivity index (χ2v) is 4.98. The average molecular weight is 277 g/mol. The molecule has 1 aromatic carbocycles. The molecule has 1 amide bonds. The quantitative estimate of drug-likeness (QED) is 0.860. The van der Waals surface area contributed by atoms with Crippen LogP contribution in [0.15, 0.2) is 30.3 Å². The summed E-state index contributed by atoms with van der Waals surface area (Å²) >= 11 is 1.06. The maximum atomic E-state index is 12.0. The number of carbonyl (C=O) groups is 1. The average Bonchev–Trinajstić information content (AvgIpc) is 2.85. The molecule has 0 aliphatic carbocycles. The first-order valence-corrected chi connectivity index (χ1v) is 6.72. The van der Waals surface area contributed by atoms with Crippen LogP contribution in [0.5, 0.6) is 0 Å². The van der Waals surface area contributed by atoms with Crippen LogP contribution in [0.4, 0.5) is 0 Å². The van der Waals surface area contributed by atoms with Gasteiger partial charge in [0.1, 0.15) is 4.88 Å². The summed E-state index contributed by atoms with van der Waals surface area (Å²) in [6.07, 6.45) is 0.592. The smallest absolute Gasteiger partial charge is 0.265 e. The van der Waals surface area contributed by atoms with Gasteiger partial charge in [-0.2, -0.15) is 0 Å². The van der Waals surface area contributed by atoms with Gasteiger partial charge in [-0.25, -0.2) is 0 Å². The van der Waals surface area contributed by atoms with E-state index in [2.05, 4.69) is 14.9 Å². The largest absolute Gasteiger partial charge is 0.394 e. The fourth-order valence-electron chi connectivity index (χ4n) is 1.75. The van der Waals surface area contributed by atoms with Crippen LogP contribution < -0.4 is 5.32 Å². The van der Waals surface area contributed by atoms with Crippen molar-refractivity contribution >= 4 is 17.4 Å². The third kappa shape index (κ3) is 3.59. The summed E-state index contributed by atoms with van der Waals surface area (Å²) in [5, 5.41) is 16.0. The van der Waals surface area contributed by atoms with Crippen LogP contribution in [-0.2, 0) is 6.42 Å². The molecule has 100 valence electrons. The Morgan fingerprint density at radius 2 is 2.16 bits per heavy atom. The van der Waals surface area contributed by atoms with Gasteiger partial charge in [0.05, 0.1) is 18.3 Å². The number of aromatic nitrogens is 2. The molecule has 0 saturated heterocycles. The maximum absolute atomic E-state index is 12.0. The molecule has 19 heavy (non-hydrogen) atoms. The molecular weight excluding hydrogens is 262 g/mol. The predicted octanol–water partition coefficient (Wildman–Crippen LogP) is 1.18. The molecule has 1 aromatic heterocycles. The monoisotopic (exact) mass is 277 g/mol. The molecule has 0 aliphatic heterocycles. The molecule has 1 unspecified atom stereocenters. The minimum atomic E-state index is -0.309. The van der Waals surface area contributed by atoms with Crippen LogP contribution >= 0.6 is 11.5 Å². The molecule has 1 heterocycles. The molecule has 0 bridgehead atoms. The highest BCUT2D eigenvalue weighted by atomic mass is 32.1. The number of carbonyl (C=O) groups excluding carboxylic acids is 1. The molecule has 1 atom stereocenters. The van der Waals surface area contributed by atoms with E-state index in [0.29, 0.717) is 17.0 Å². The summed E-state index contributed by atoms with van der Waals surface area (Å²) in [7, 11) is 0. The molecule has 0 saturated carbocycles. The summed E-state index contributed by atoms with van der Waals surface area (Å²) < 4.78 is 3.73. The van der Waals surface area contributed by atoms with Gasteiger partial charge in [0.2, 0.25) is 0 Å².